The van der Waals surface area contributed by atoms with Crippen molar-refractivity contribution in [2.75, 3.05) is 6.26 Å². The van der Waals surface area contributed by atoms with Crippen LogP contribution in [0.1, 0.15) is 12.0 Å². The van der Waals surface area contributed by atoms with E-state index in [4.69, 9.17) is 0 Å². The molecule has 2 rings (SSSR count). The molecule has 1 aromatic carbocycles. The molecule has 74 valence electrons. The number of hydrogen-bond donors (Lipinski definition) is 0. The Morgan fingerprint density at radius 3 is 2.86 bits per heavy atom. The molecule has 0 amide bonds. The van der Waals surface area contributed by atoms with Gasteiger partial charge in [-0.2, -0.15) is 0 Å². The fourth-order valence-electron chi connectivity index (χ4n) is 1.59. The van der Waals surface area contributed by atoms with Gasteiger partial charge in [-0.3, -0.25) is 4.99 Å². The lowest BCUT2D eigenvalue weighted by molar-refractivity contribution is 0.602. The van der Waals surface area contributed by atoms with E-state index in [-0.39, 0.29) is 0 Å². The van der Waals surface area contributed by atoms with Crippen LogP contribution in [-0.2, 0) is 16.3 Å². The van der Waals surface area contributed by atoms with Crippen LogP contribution in [0.4, 0.5) is 5.69 Å². The average Bonchev–Trinajstić information content (AvgIpc) is 2.15. The highest BCUT2D eigenvalue weighted by Gasteiger charge is 2.16. The van der Waals surface area contributed by atoms with Crippen molar-refractivity contribution in [1.82, 2.24) is 0 Å². The first-order valence-electron chi connectivity index (χ1n) is 4.43. The lowest BCUT2D eigenvalue weighted by Crippen LogP contribution is -2.02. The fourth-order valence-corrected chi connectivity index (χ4v) is 2.45. The number of benzene rings is 1. The average molecular weight is 209 g/mol. The number of sulfone groups is 1. The molecule has 0 atom stereocenters. The fraction of sp³-hybridized carbons (Fsp3) is 0.300. The van der Waals surface area contributed by atoms with Crippen molar-refractivity contribution in [2.24, 2.45) is 4.99 Å². The van der Waals surface area contributed by atoms with Crippen LogP contribution in [0.15, 0.2) is 28.1 Å². The highest BCUT2D eigenvalue weighted by molar-refractivity contribution is 7.90. The lowest BCUT2D eigenvalue weighted by atomic mass is 10.1. The van der Waals surface area contributed by atoms with Gasteiger partial charge in [-0.1, -0.05) is 12.1 Å². The van der Waals surface area contributed by atoms with Crippen LogP contribution < -0.4 is 0 Å². The molecule has 0 unspecified atom stereocenters. The van der Waals surface area contributed by atoms with Gasteiger partial charge in [0.15, 0.2) is 9.84 Å². The predicted octanol–water partition coefficient (Wildman–Crippen LogP) is 1.74. The molecule has 0 bridgehead atoms. The molecule has 1 aromatic rings. The summed E-state index contributed by atoms with van der Waals surface area (Å²) < 4.78 is 22.9. The normalized spacial score (nSPS) is 15.2. The number of aliphatic imine (C=N–C) groups is 1. The first-order chi connectivity index (χ1) is 6.59. The number of para-hydroxylation sites is 1. The van der Waals surface area contributed by atoms with Crippen molar-refractivity contribution in [2.45, 2.75) is 17.7 Å². The monoisotopic (exact) mass is 209 g/mol. The summed E-state index contributed by atoms with van der Waals surface area (Å²) >= 11 is 0. The molecule has 0 aromatic heterocycles. The first-order valence-corrected chi connectivity index (χ1v) is 6.32. The minimum absolute atomic E-state index is 0.339. The molecule has 1 aliphatic rings. The third-order valence-electron chi connectivity index (χ3n) is 2.25. The maximum atomic E-state index is 11.4. The van der Waals surface area contributed by atoms with E-state index in [9.17, 15) is 8.42 Å². The second-order valence-corrected chi connectivity index (χ2v) is 5.37. The van der Waals surface area contributed by atoms with Gasteiger partial charge in [0.1, 0.15) is 0 Å². The lowest BCUT2D eigenvalue weighted by Gasteiger charge is -2.12. The zero-order chi connectivity index (χ0) is 10.2. The number of aryl methyl sites for hydroxylation is 1. The van der Waals surface area contributed by atoms with Crippen LogP contribution >= 0.6 is 0 Å². The van der Waals surface area contributed by atoms with Crippen LogP contribution in [-0.4, -0.2) is 20.9 Å². The van der Waals surface area contributed by atoms with Gasteiger partial charge in [0.25, 0.3) is 0 Å². The highest BCUT2D eigenvalue weighted by Crippen LogP contribution is 2.31. The van der Waals surface area contributed by atoms with E-state index in [1.165, 1.54) is 6.26 Å². The van der Waals surface area contributed by atoms with Crippen molar-refractivity contribution in [3.63, 3.8) is 0 Å². The number of hydrogen-bond acceptors (Lipinski definition) is 3. The van der Waals surface area contributed by atoms with Crippen LogP contribution in [0.2, 0.25) is 0 Å². The van der Waals surface area contributed by atoms with Crippen molar-refractivity contribution in [3.05, 3.63) is 23.8 Å². The molecule has 0 fully saturated rings. The Bertz CT molecular complexity index is 489. The smallest absolute Gasteiger partial charge is 0.177 e. The van der Waals surface area contributed by atoms with Gasteiger partial charge in [-0.25, -0.2) is 8.42 Å². The van der Waals surface area contributed by atoms with Crippen LogP contribution in [0.25, 0.3) is 0 Å². The topological polar surface area (TPSA) is 46.5 Å². The Hall–Kier alpha value is -1.16. The maximum Gasteiger partial charge on any atom is 0.177 e. The summed E-state index contributed by atoms with van der Waals surface area (Å²) in [6.07, 6.45) is 4.76. The summed E-state index contributed by atoms with van der Waals surface area (Å²) in [6.45, 7) is 0. The van der Waals surface area contributed by atoms with E-state index in [1.807, 2.05) is 6.07 Å². The largest absolute Gasteiger partial charge is 0.260 e. The second kappa shape index (κ2) is 3.20. The number of rotatable bonds is 1. The summed E-state index contributed by atoms with van der Waals surface area (Å²) in [4.78, 5) is 4.49. The van der Waals surface area contributed by atoms with Crippen molar-refractivity contribution in [1.29, 1.82) is 0 Å². The standard InChI is InChI=1S/C10H11NO2S/c1-14(12,13)9-6-2-4-8-5-3-7-11-10(8)9/h2,4,6-7H,3,5H2,1H3. The van der Waals surface area contributed by atoms with E-state index in [0.29, 0.717) is 10.6 Å². The van der Waals surface area contributed by atoms with Crippen LogP contribution in [0.3, 0.4) is 0 Å². The van der Waals surface area contributed by atoms with Crippen molar-refractivity contribution in [3.8, 4) is 0 Å². The van der Waals surface area contributed by atoms with Crippen molar-refractivity contribution >= 4 is 21.7 Å². The molecular formula is C10H11NO2S. The van der Waals surface area contributed by atoms with Crippen LogP contribution in [0, 0.1) is 0 Å². The number of nitrogens with zero attached hydrogens (tertiary/aromatic N) is 1. The Labute approximate surface area is 83.4 Å². The molecular weight excluding hydrogens is 198 g/mol. The van der Waals surface area contributed by atoms with Gasteiger partial charge < -0.3 is 0 Å². The summed E-state index contributed by atoms with van der Waals surface area (Å²) in [6, 6.07) is 5.31. The zero-order valence-corrected chi connectivity index (χ0v) is 8.71. The Morgan fingerprint density at radius 1 is 1.36 bits per heavy atom. The molecule has 4 heteroatoms. The summed E-state index contributed by atoms with van der Waals surface area (Å²) in [5.41, 5.74) is 1.65. The van der Waals surface area contributed by atoms with E-state index in [1.54, 1.807) is 18.3 Å². The van der Waals surface area contributed by atoms with Crippen LogP contribution in [0.5, 0.6) is 0 Å². The van der Waals surface area contributed by atoms with Gasteiger partial charge >= 0.3 is 0 Å². The SMILES string of the molecule is CS(=O)(=O)c1cccc2c1N=CCC2. The molecule has 1 heterocycles. The Kier molecular flexibility index (Phi) is 2.15. The second-order valence-electron chi connectivity index (χ2n) is 3.39. The third-order valence-corrected chi connectivity index (χ3v) is 3.37. The zero-order valence-electron chi connectivity index (χ0n) is 7.90. The molecule has 14 heavy (non-hydrogen) atoms. The summed E-state index contributed by atoms with van der Waals surface area (Å²) in [5, 5.41) is 0. The summed E-state index contributed by atoms with van der Waals surface area (Å²) in [7, 11) is -3.16. The van der Waals surface area contributed by atoms with Crippen molar-refractivity contribution < 1.29 is 8.42 Å². The molecule has 1 aliphatic heterocycles. The van der Waals surface area contributed by atoms with Gasteiger partial charge in [-0.05, 0) is 24.5 Å². The predicted molar refractivity (Wildman–Crippen MR) is 56.0 cm³/mol. The number of fused-ring (bicyclic) bond motifs is 1. The Morgan fingerprint density at radius 2 is 2.14 bits per heavy atom. The van der Waals surface area contributed by atoms with E-state index in [2.05, 4.69) is 4.99 Å². The molecule has 0 aliphatic carbocycles. The minimum atomic E-state index is -3.16. The van der Waals surface area contributed by atoms with E-state index >= 15 is 0 Å². The van der Waals surface area contributed by atoms with E-state index < -0.39 is 9.84 Å². The third kappa shape index (κ3) is 1.57. The van der Waals surface area contributed by atoms with Gasteiger partial charge in [0.05, 0.1) is 10.6 Å². The summed E-state index contributed by atoms with van der Waals surface area (Å²) in [5.74, 6) is 0. The minimum Gasteiger partial charge on any atom is -0.260 e. The molecule has 0 N–H and O–H groups in total. The molecule has 0 radical (unpaired) electrons. The molecule has 0 saturated carbocycles. The molecule has 3 nitrogen and oxygen atoms in total. The highest BCUT2D eigenvalue weighted by atomic mass is 32.2. The van der Waals surface area contributed by atoms with Gasteiger partial charge in [-0.15, -0.1) is 0 Å². The Balaban J connectivity index is 2.71. The van der Waals surface area contributed by atoms with E-state index in [0.717, 1.165) is 18.4 Å². The first kappa shape index (κ1) is 9.40. The quantitative estimate of drug-likeness (QED) is 0.707. The molecule has 0 saturated heterocycles. The maximum absolute atomic E-state index is 11.4. The van der Waals surface area contributed by atoms with Gasteiger partial charge in [0.2, 0.25) is 0 Å². The molecule has 0 spiro atoms. The van der Waals surface area contributed by atoms with Gasteiger partial charge in [0, 0.05) is 12.5 Å².